The van der Waals surface area contributed by atoms with Crippen molar-refractivity contribution in [3.8, 4) is 0 Å². The van der Waals surface area contributed by atoms with Crippen LogP contribution in [-0.4, -0.2) is 37.1 Å². The first kappa shape index (κ1) is 17.3. The van der Waals surface area contributed by atoms with Gasteiger partial charge in [0.2, 0.25) is 0 Å². The molecule has 1 heterocycles. The molecule has 1 saturated heterocycles. The van der Waals surface area contributed by atoms with Gasteiger partial charge in [-0.3, -0.25) is 0 Å². The van der Waals surface area contributed by atoms with Crippen LogP contribution in [0.25, 0.3) is 0 Å². The first-order chi connectivity index (χ1) is 12.0. The second-order valence-electron chi connectivity index (χ2n) is 6.96. The van der Waals surface area contributed by atoms with Crippen molar-refractivity contribution in [2.24, 2.45) is 0 Å². The van der Waals surface area contributed by atoms with E-state index in [1.54, 1.807) is 0 Å². The van der Waals surface area contributed by atoms with E-state index >= 15 is 0 Å². The molecule has 2 aromatic rings. The highest BCUT2D eigenvalue weighted by atomic mass is 16.2. The Morgan fingerprint density at radius 1 is 0.880 bits per heavy atom. The molecule has 0 aromatic heterocycles. The lowest BCUT2D eigenvalue weighted by Crippen LogP contribution is -2.50. The maximum absolute atomic E-state index is 12.7. The van der Waals surface area contributed by atoms with Crippen LogP contribution in [0.15, 0.2) is 36.4 Å². The lowest BCUT2D eigenvalue weighted by Gasteiger charge is -2.36. The fourth-order valence-electron chi connectivity index (χ4n) is 3.63. The molecule has 2 amide bonds. The number of anilines is 2. The SMILES string of the molecule is Cc1cc(C)c(NC(=O)N2CCN(c3ccccc3C)CC2)c(C)c1. The lowest BCUT2D eigenvalue weighted by molar-refractivity contribution is 0.208. The molecule has 0 atom stereocenters. The van der Waals surface area contributed by atoms with Gasteiger partial charge in [-0.25, -0.2) is 4.79 Å². The van der Waals surface area contributed by atoms with E-state index < -0.39 is 0 Å². The molecule has 3 rings (SSSR count). The van der Waals surface area contributed by atoms with Gasteiger partial charge in [-0.15, -0.1) is 0 Å². The molecule has 0 unspecified atom stereocenters. The Hall–Kier alpha value is -2.49. The van der Waals surface area contributed by atoms with Crippen LogP contribution in [0.5, 0.6) is 0 Å². The summed E-state index contributed by atoms with van der Waals surface area (Å²) >= 11 is 0. The number of hydrogen-bond donors (Lipinski definition) is 1. The topological polar surface area (TPSA) is 35.6 Å². The van der Waals surface area contributed by atoms with Gasteiger partial charge in [-0.05, 0) is 50.5 Å². The lowest BCUT2D eigenvalue weighted by atomic mass is 10.1. The fraction of sp³-hybridized carbons (Fsp3) is 0.381. The third-order valence-electron chi connectivity index (χ3n) is 4.93. The molecule has 0 radical (unpaired) electrons. The van der Waals surface area contributed by atoms with Gasteiger partial charge in [0.15, 0.2) is 0 Å². The van der Waals surface area contributed by atoms with E-state index in [2.05, 4.69) is 60.5 Å². The molecule has 1 aliphatic rings. The van der Waals surface area contributed by atoms with Gasteiger partial charge in [0.05, 0.1) is 0 Å². The summed E-state index contributed by atoms with van der Waals surface area (Å²) < 4.78 is 0. The highest BCUT2D eigenvalue weighted by Gasteiger charge is 2.22. The number of piperazine rings is 1. The van der Waals surface area contributed by atoms with Crippen LogP contribution < -0.4 is 10.2 Å². The number of carbonyl (C=O) groups excluding carboxylic acids is 1. The first-order valence-electron chi connectivity index (χ1n) is 8.90. The summed E-state index contributed by atoms with van der Waals surface area (Å²) in [6, 6.07) is 12.7. The summed E-state index contributed by atoms with van der Waals surface area (Å²) in [6.07, 6.45) is 0. The van der Waals surface area contributed by atoms with E-state index in [-0.39, 0.29) is 6.03 Å². The number of rotatable bonds is 2. The second-order valence-corrected chi connectivity index (χ2v) is 6.96. The van der Waals surface area contributed by atoms with Crippen LogP contribution in [0.1, 0.15) is 22.3 Å². The van der Waals surface area contributed by atoms with Crippen molar-refractivity contribution >= 4 is 17.4 Å². The number of hydrogen-bond acceptors (Lipinski definition) is 2. The van der Waals surface area contributed by atoms with Crippen molar-refractivity contribution in [1.82, 2.24) is 4.90 Å². The molecule has 25 heavy (non-hydrogen) atoms. The van der Waals surface area contributed by atoms with E-state index in [9.17, 15) is 4.79 Å². The van der Waals surface area contributed by atoms with E-state index in [0.717, 1.165) is 43.0 Å². The van der Waals surface area contributed by atoms with Gasteiger partial charge in [0, 0.05) is 37.6 Å². The molecule has 0 bridgehead atoms. The second kappa shape index (κ2) is 7.18. The Bertz CT molecular complexity index is 753. The molecule has 4 nitrogen and oxygen atoms in total. The van der Waals surface area contributed by atoms with Gasteiger partial charge in [0.25, 0.3) is 0 Å². The predicted octanol–water partition coefficient (Wildman–Crippen LogP) is 4.27. The van der Waals surface area contributed by atoms with Crippen LogP contribution >= 0.6 is 0 Å². The zero-order chi connectivity index (χ0) is 18.0. The van der Waals surface area contributed by atoms with Gasteiger partial charge in [0.1, 0.15) is 0 Å². The van der Waals surface area contributed by atoms with Crippen molar-refractivity contribution < 1.29 is 4.79 Å². The normalized spacial score (nSPS) is 14.6. The molecule has 0 spiro atoms. The van der Waals surface area contributed by atoms with Gasteiger partial charge >= 0.3 is 6.03 Å². The number of aryl methyl sites for hydroxylation is 4. The largest absolute Gasteiger partial charge is 0.368 e. The third kappa shape index (κ3) is 3.78. The minimum Gasteiger partial charge on any atom is -0.368 e. The molecule has 2 aromatic carbocycles. The summed E-state index contributed by atoms with van der Waals surface area (Å²) in [4.78, 5) is 16.9. The standard InChI is InChI=1S/C21H27N3O/c1-15-13-17(3)20(18(4)14-15)22-21(25)24-11-9-23(10-12-24)19-8-6-5-7-16(19)2/h5-8,13-14H,9-12H2,1-4H3,(H,22,25). The van der Waals surface area contributed by atoms with Crippen molar-refractivity contribution in [2.45, 2.75) is 27.7 Å². The van der Waals surface area contributed by atoms with E-state index in [0.29, 0.717) is 0 Å². The maximum Gasteiger partial charge on any atom is 0.321 e. The monoisotopic (exact) mass is 337 g/mol. The average molecular weight is 337 g/mol. The number of urea groups is 1. The summed E-state index contributed by atoms with van der Waals surface area (Å²) in [5.41, 5.74) is 6.95. The molecule has 132 valence electrons. The Morgan fingerprint density at radius 3 is 2.08 bits per heavy atom. The highest BCUT2D eigenvalue weighted by Crippen LogP contribution is 2.24. The van der Waals surface area contributed by atoms with Crippen LogP contribution in [0.3, 0.4) is 0 Å². The van der Waals surface area contributed by atoms with Gasteiger partial charge < -0.3 is 15.1 Å². The highest BCUT2D eigenvalue weighted by molar-refractivity contribution is 5.91. The predicted molar refractivity (Wildman–Crippen MR) is 105 cm³/mol. The van der Waals surface area contributed by atoms with E-state index in [1.807, 2.05) is 18.7 Å². The number of amides is 2. The zero-order valence-corrected chi connectivity index (χ0v) is 15.6. The molecule has 1 fully saturated rings. The number of benzene rings is 2. The van der Waals surface area contributed by atoms with E-state index in [4.69, 9.17) is 0 Å². The first-order valence-corrected chi connectivity index (χ1v) is 8.90. The minimum absolute atomic E-state index is 0.000475. The molecular formula is C21H27N3O. The Balaban J connectivity index is 1.64. The quantitative estimate of drug-likeness (QED) is 0.888. The Labute approximate surface area is 150 Å². The molecule has 0 saturated carbocycles. The van der Waals surface area contributed by atoms with Crippen LogP contribution in [0.2, 0.25) is 0 Å². The van der Waals surface area contributed by atoms with Crippen LogP contribution in [-0.2, 0) is 0 Å². The maximum atomic E-state index is 12.7. The molecule has 0 aliphatic carbocycles. The van der Waals surface area contributed by atoms with Crippen molar-refractivity contribution in [1.29, 1.82) is 0 Å². The van der Waals surface area contributed by atoms with Crippen LogP contribution in [0, 0.1) is 27.7 Å². The number of carbonyl (C=O) groups is 1. The Morgan fingerprint density at radius 2 is 1.48 bits per heavy atom. The van der Waals surface area contributed by atoms with Crippen molar-refractivity contribution in [3.63, 3.8) is 0 Å². The van der Waals surface area contributed by atoms with Crippen molar-refractivity contribution in [3.05, 3.63) is 58.7 Å². The summed E-state index contributed by atoms with van der Waals surface area (Å²) in [5.74, 6) is 0. The zero-order valence-electron chi connectivity index (χ0n) is 15.6. The molecule has 4 heteroatoms. The number of nitrogens with zero attached hydrogens (tertiary/aromatic N) is 2. The van der Waals surface area contributed by atoms with Crippen LogP contribution in [0.4, 0.5) is 16.2 Å². The summed E-state index contributed by atoms with van der Waals surface area (Å²) in [7, 11) is 0. The van der Waals surface area contributed by atoms with Crippen molar-refractivity contribution in [2.75, 3.05) is 36.4 Å². The third-order valence-corrected chi connectivity index (χ3v) is 4.93. The molecular weight excluding hydrogens is 310 g/mol. The number of nitrogens with one attached hydrogen (secondary N) is 1. The van der Waals surface area contributed by atoms with Gasteiger partial charge in [-0.1, -0.05) is 35.9 Å². The average Bonchev–Trinajstić information content (AvgIpc) is 2.58. The molecule has 1 aliphatic heterocycles. The smallest absolute Gasteiger partial charge is 0.321 e. The summed E-state index contributed by atoms with van der Waals surface area (Å²) in [6.45, 7) is 11.5. The Kier molecular flexibility index (Phi) is 4.98. The minimum atomic E-state index is -0.000475. The molecule has 1 N–H and O–H groups in total. The fourth-order valence-corrected chi connectivity index (χ4v) is 3.63. The van der Waals surface area contributed by atoms with E-state index in [1.165, 1.54) is 16.8 Å². The summed E-state index contributed by atoms with van der Waals surface area (Å²) in [5, 5.41) is 3.11. The number of para-hydroxylation sites is 1. The van der Waals surface area contributed by atoms with Gasteiger partial charge in [-0.2, -0.15) is 0 Å².